The predicted octanol–water partition coefficient (Wildman–Crippen LogP) is 6.54. The first-order chi connectivity index (χ1) is 18.8. The zero-order valence-electron chi connectivity index (χ0n) is 21.9. The van der Waals surface area contributed by atoms with E-state index in [1.54, 1.807) is 27.8 Å². The van der Waals surface area contributed by atoms with E-state index in [0.717, 1.165) is 40.6 Å². The van der Waals surface area contributed by atoms with Gasteiger partial charge in [0.15, 0.2) is 0 Å². The summed E-state index contributed by atoms with van der Waals surface area (Å²) in [6.07, 6.45) is 4.87. The van der Waals surface area contributed by atoms with Crippen molar-refractivity contribution in [3.8, 4) is 33.9 Å². The predicted molar refractivity (Wildman–Crippen MR) is 157 cm³/mol. The van der Waals surface area contributed by atoms with Gasteiger partial charge in [0.25, 0.3) is 5.56 Å². The van der Waals surface area contributed by atoms with Crippen molar-refractivity contribution in [3.63, 3.8) is 0 Å². The Kier molecular flexibility index (Phi) is 7.38. The maximum Gasteiger partial charge on any atom is 0.259 e. The summed E-state index contributed by atoms with van der Waals surface area (Å²) in [6.45, 7) is 6.60. The SMILES string of the molecule is C=CC(=O)N1CCCc2ccc(-c3cc4c(cn3)cc(-c3c(Cl)c(OC)cc(OC)c3Cl)c(=O)n4CC)cc21. The van der Waals surface area contributed by atoms with E-state index < -0.39 is 0 Å². The van der Waals surface area contributed by atoms with E-state index in [1.807, 2.05) is 31.2 Å². The number of hydrogen-bond donors (Lipinski definition) is 0. The zero-order chi connectivity index (χ0) is 27.8. The minimum absolute atomic E-state index is 0.126. The van der Waals surface area contributed by atoms with Gasteiger partial charge in [0.1, 0.15) is 11.5 Å². The van der Waals surface area contributed by atoms with Crippen molar-refractivity contribution >= 4 is 45.7 Å². The van der Waals surface area contributed by atoms with Gasteiger partial charge in [-0.3, -0.25) is 14.6 Å². The van der Waals surface area contributed by atoms with Crippen LogP contribution in [0, 0.1) is 0 Å². The number of benzene rings is 2. The molecule has 0 atom stereocenters. The van der Waals surface area contributed by atoms with E-state index in [9.17, 15) is 9.59 Å². The molecule has 0 bridgehead atoms. The van der Waals surface area contributed by atoms with E-state index >= 15 is 0 Å². The molecule has 2 aromatic heterocycles. The number of aryl methyl sites for hydroxylation is 2. The lowest BCUT2D eigenvalue weighted by Gasteiger charge is -2.29. The Morgan fingerprint density at radius 3 is 2.46 bits per heavy atom. The van der Waals surface area contributed by atoms with E-state index in [2.05, 4.69) is 6.58 Å². The molecular weight excluding hydrogens is 537 g/mol. The molecule has 2 aromatic carbocycles. The number of nitrogens with zero attached hydrogens (tertiary/aromatic N) is 3. The van der Waals surface area contributed by atoms with Crippen molar-refractivity contribution in [1.82, 2.24) is 9.55 Å². The molecule has 0 aliphatic carbocycles. The van der Waals surface area contributed by atoms with Gasteiger partial charge >= 0.3 is 0 Å². The van der Waals surface area contributed by atoms with Crippen LogP contribution in [0.1, 0.15) is 18.9 Å². The summed E-state index contributed by atoms with van der Waals surface area (Å²) in [5, 5.41) is 1.19. The van der Waals surface area contributed by atoms with Gasteiger partial charge in [0.05, 0.1) is 41.0 Å². The summed E-state index contributed by atoms with van der Waals surface area (Å²) in [6, 6.07) is 11.2. The Balaban J connectivity index is 1.68. The Morgan fingerprint density at radius 1 is 1.10 bits per heavy atom. The van der Waals surface area contributed by atoms with Crippen molar-refractivity contribution in [1.29, 1.82) is 0 Å². The molecule has 0 radical (unpaired) electrons. The minimum Gasteiger partial charge on any atom is -0.495 e. The van der Waals surface area contributed by atoms with Gasteiger partial charge in [-0.2, -0.15) is 0 Å². The van der Waals surface area contributed by atoms with Crippen LogP contribution in [0.25, 0.3) is 33.3 Å². The second kappa shape index (κ2) is 10.8. The first-order valence-electron chi connectivity index (χ1n) is 12.5. The molecule has 0 saturated carbocycles. The van der Waals surface area contributed by atoms with Gasteiger partial charge < -0.3 is 18.9 Å². The number of amides is 1. The molecule has 9 heteroatoms. The average Bonchev–Trinajstić information content (AvgIpc) is 2.96. The standard InChI is InChI=1S/C30H27Cl2N3O4/c1-5-26(36)35-11-7-8-17-9-10-18(13-22(17)35)21-14-23-19(16-33-21)12-20(30(37)34(23)6-2)27-28(31)24(38-3)15-25(39-4)29(27)32/h5,9-10,12-16H,1,6-8,11H2,2-4H3. The number of pyridine rings is 2. The summed E-state index contributed by atoms with van der Waals surface area (Å²) >= 11 is 13.3. The second-order valence-electron chi connectivity index (χ2n) is 9.16. The maximum atomic E-state index is 13.8. The van der Waals surface area contributed by atoms with Crippen LogP contribution in [0.3, 0.4) is 0 Å². The third kappa shape index (κ3) is 4.56. The second-order valence-corrected chi connectivity index (χ2v) is 9.92. The van der Waals surface area contributed by atoms with Crippen LogP contribution in [0.15, 0.2) is 60.0 Å². The largest absolute Gasteiger partial charge is 0.495 e. The highest BCUT2D eigenvalue weighted by molar-refractivity contribution is 6.41. The Bertz CT molecular complexity index is 1670. The van der Waals surface area contributed by atoms with Crippen LogP contribution >= 0.6 is 23.2 Å². The van der Waals surface area contributed by atoms with Crippen molar-refractivity contribution in [3.05, 3.63) is 81.2 Å². The van der Waals surface area contributed by atoms with Crippen LogP contribution in [0.2, 0.25) is 10.0 Å². The summed E-state index contributed by atoms with van der Waals surface area (Å²) in [5.74, 6) is 0.569. The molecule has 7 nitrogen and oxygen atoms in total. The highest BCUT2D eigenvalue weighted by atomic mass is 35.5. The summed E-state index contributed by atoms with van der Waals surface area (Å²) in [5.41, 5.74) is 4.64. The number of carbonyl (C=O) groups is 1. The van der Waals surface area contributed by atoms with Crippen molar-refractivity contribution in [2.24, 2.45) is 0 Å². The third-order valence-corrected chi connectivity index (χ3v) is 7.83. The Morgan fingerprint density at radius 2 is 1.82 bits per heavy atom. The number of rotatable bonds is 6. The molecule has 5 rings (SSSR count). The van der Waals surface area contributed by atoms with Gasteiger partial charge in [-0.25, -0.2) is 0 Å². The van der Waals surface area contributed by atoms with E-state index in [-0.39, 0.29) is 21.5 Å². The molecule has 0 unspecified atom stereocenters. The molecule has 0 spiro atoms. The van der Waals surface area contributed by atoms with Crippen LogP contribution in [-0.2, 0) is 17.8 Å². The maximum absolute atomic E-state index is 13.8. The molecule has 39 heavy (non-hydrogen) atoms. The molecule has 1 aliphatic heterocycles. The number of fused-ring (bicyclic) bond motifs is 2. The fraction of sp³-hybridized carbons (Fsp3) is 0.233. The first kappa shape index (κ1) is 26.8. The van der Waals surface area contributed by atoms with Crippen LogP contribution in [0.5, 0.6) is 11.5 Å². The number of halogens is 2. The fourth-order valence-corrected chi connectivity index (χ4v) is 5.82. The topological polar surface area (TPSA) is 73.7 Å². The molecule has 3 heterocycles. The van der Waals surface area contributed by atoms with Crippen molar-refractivity contribution in [2.75, 3.05) is 25.7 Å². The molecule has 0 saturated heterocycles. The molecule has 1 amide bonds. The lowest BCUT2D eigenvalue weighted by Crippen LogP contribution is -2.34. The number of methoxy groups -OCH3 is 2. The van der Waals surface area contributed by atoms with Gasteiger partial charge in [0.2, 0.25) is 5.91 Å². The van der Waals surface area contributed by atoms with Gasteiger partial charge in [-0.05, 0) is 49.6 Å². The van der Waals surface area contributed by atoms with Crippen molar-refractivity contribution < 1.29 is 14.3 Å². The Labute approximate surface area is 236 Å². The van der Waals surface area contributed by atoms with Gasteiger partial charge in [-0.1, -0.05) is 41.9 Å². The first-order valence-corrected chi connectivity index (χ1v) is 13.3. The average molecular weight is 564 g/mol. The highest BCUT2D eigenvalue weighted by Gasteiger charge is 2.24. The molecular formula is C30H27Cl2N3O4. The normalized spacial score (nSPS) is 12.8. The van der Waals surface area contributed by atoms with Crippen molar-refractivity contribution in [2.45, 2.75) is 26.3 Å². The molecule has 0 fully saturated rings. The van der Waals surface area contributed by atoms with Crippen LogP contribution in [0.4, 0.5) is 5.69 Å². The van der Waals surface area contributed by atoms with Gasteiger partial charge in [0, 0.05) is 47.6 Å². The summed E-state index contributed by atoms with van der Waals surface area (Å²) in [7, 11) is 2.98. The van der Waals surface area contributed by atoms with Crippen LogP contribution in [-0.4, -0.2) is 36.2 Å². The van der Waals surface area contributed by atoms with E-state index in [1.165, 1.54) is 20.3 Å². The molecule has 4 aromatic rings. The number of ether oxygens (including phenoxy) is 2. The van der Waals surface area contributed by atoms with E-state index in [4.69, 9.17) is 37.7 Å². The number of carbonyl (C=O) groups excluding carboxylic acids is 1. The van der Waals surface area contributed by atoms with Crippen LogP contribution < -0.4 is 19.9 Å². The smallest absolute Gasteiger partial charge is 0.259 e. The lowest BCUT2D eigenvalue weighted by molar-refractivity contribution is -0.114. The van der Waals surface area contributed by atoms with Gasteiger partial charge in [-0.15, -0.1) is 0 Å². The summed E-state index contributed by atoms with van der Waals surface area (Å²) < 4.78 is 12.5. The highest BCUT2D eigenvalue weighted by Crippen LogP contribution is 2.45. The molecule has 1 aliphatic rings. The number of aromatic nitrogens is 2. The fourth-order valence-electron chi connectivity index (χ4n) is 5.12. The summed E-state index contributed by atoms with van der Waals surface area (Å²) in [4.78, 5) is 32.7. The van der Waals surface area contributed by atoms with E-state index in [0.29, 0.717) is 41.4 Å². The lowest BCUT2D eigenvalue weighted by atomic mass is 9.97. The zero-order valence-corrected chi connectivity index (χ0v) is 23.4. The monoisotopic (exact) mass is 563 g/mol. The Hall–Kier alpha value is -3.81. The number of hydrogen-bond acceptors (Lipinski definition) is 5. The molecule has 200 valence electrons. The minimum atomic E-state index is -0.255. The quantitative estimate of drug-likeness (QED) is 0.249. The molecule has 0 N–H and O–H groups in total. The third-order valence-electron chi connectivity index (χ3n) is 7.08. The number of anilines is 1.